The first kappa shape index (κ1) is 21.0. The highest BCUT2D eigenvalue weighted by Crippen LogP contribution is 2.09. The van der Waals surface area contributed by atoms with Crippen molar-refractivity contribution < 1.29 is 9.59 Å². The van der Waals surface area contributed by atoms with Gasteiger partial charge < -0.3 is 10.2 Å². The fourth-order valence-corrected chi connectivity index (χ4v) is 3.20. The van der Waals surface area contributed by atoms with Crippen LogP contribution in [-0.2, 0) is 11.2 Å². The average Bonchev–Trinajstić information content (AvgIpc) is 2.69. The molecule has 0 radical (unpaired) electrons. The van der Waals surface area contributed by atoms with Gasteiger partial charge in [0.1, 0.15) is 6.04 Å². The SMILES string of the molecule is CSCCC(NC(=O)c1cccc(C)c1)C(=O)N(C)CCc1ccccn1. The molecule has 5 nitrogen and oxygen atoms in total. The number of hydrogen-bond acceptors (Lipinski definition) is 4. The molecule has 0 aliphatic rings. The van der Waals surface area contributed by atoms with Crippen LogP contribution in [-0.4, -0.2) is 53.3 Å². The Morgan fingerprint density at radius 3 is 2.70 bits per heavy atom. The first-order valence-corrected chi connectivity index (χ1v) is 10.4. The van der Waals surface area contributed by atoms with Crippen LogP contribution >= 0.6 is 11.8 Å². The summed E-state index contributed by atoms with van der Waals surface area (Å²) >= 11 is 1.66. The maximum Gasteiger partial charge on any atom is 0.251 e. The van der Waals surface area contributed by atoms with Crippen molar-refractivity contribution in [2.45, 2.75) is 25.8 Å². The largest absolute Gasteiger partial charge is 0.344 e. The number of hydrogen-bond donors (Lipinski definition) is 1. The van der Waals surface area contributed by atoms with Crippen LogP contribution in [0.5, 0.6) is 0 Å². The van der Waals surface area contributed by atoms with Gasteiger partial charge in [0, 0.05) is 37.5 Å². The summed E-state index contributed by atoms with van der Waals surface area (Å²) in [5.41, 5.74) is 2.54. The number of aryl methyl sites for hydroxylation is 1. The third kappa shape index (κ3) is 6.71. The molecule has 1 aromatic heterocycles. The Hall–Kier alpha value is -2.34. The maximum absolute atomic E-state index is 12.9. The van der Waals surface area contributed by atoms with Gasteiger partial charge >= 0.3 is 0 Å². The number of aromatic nitrogens is 1. The van der Waals surface area contributed by atoms with Crippen LogP contribution in [0.4, 0.5) is 0 Å². The molecule has 2 rings (SSSR count). The highest BCUT2D eigenvalue weighted by molar-refractivity contribution is 7.98. The van der Waals surface area contributed by atoms with Gasteiger partial charge in [-0.1, -0.05) is 23.8 Å². The Morgan fingerprint density at radius 2 is 2.04 bits per heavy atom. The van der Waals surface area contributed by atoms with E-state index in [0.717, 1.165) is 17.0 Å². The van der Waals surface area contributed by atoms with Crippen LogP contribution in [0.15, 0.2) is 48.7 Å². The molecule has 144 valence electrons. The minimum Gasteiger partial charge on any atom is -0.344 e. The first-order chi connectivity index (χ1) is 13.0. The van der Waals surface area contributed by atoms with Crippen LogP contribution in [0.1, 0.15) is 28.0 Å². The molecule has 1 unspecified atom stereocenters. The van der Waals surface area contributed by atoms with E-state index in [2.05, 4.69) is 10.3 Å². The van der Waals surface area contributed by atoms with Crippen molar-refractivity contribution >= 4 is 23.6 Å². The van der Waals surface area contributed by atoms with Gasteiger partial charge in [-0.15, -0.1) is 0 Å². The van der Waals surface area contributed by atoms with Crippen molar-refractivity contribution in [1.29, 1.82) is 0 Å². The van der Waals surface area contributed by atoms with Crippen LogP contribution < -0.4 is 5.32 Å². The number of thioether (sulfide) groups is 1. The van der Waals surface area contributed by atoms with E-state index in [9.17, 15) is 9.59 Å². The van der Waals surface area contributed by atoms with Crippen LogP contribution in [0, 0.1) is 6.92 Å². The fourth-order valence-electron chi connectivity index (χ4n) is 2.73. The van der Waals surface area contributed by atoms with Gasteiger partial charge in [-0.2, -0.15) is 11.8 Å². The molecule has 0 fully saturated rings. The number of amides is 2. The molecule has 27 heavy (non-hydrogen) atoms. The van der Waals surface area contributed by atoms with Gasteiger partial charge in [0.25, 0.3) is 5.91 Å². The highest BCUT2D eigenvalue weighted by Gasteiger charge is 2.24. The van der Waals surface area contributed by atoms with E-state index < -0.39 is 6.04 Å². The normalized spacial score (nSPS) is 11.7. The second kappa shape index (κ2) is 10.7. The molecule has 0 spiro atoms. The van der Waals surface area contributed by atoms with Crippen molar-refractivity contribution in [3.63, 3.8) is 0 Å². The summed E-state index contributed by atoms with van der Waals surface area (Å²) in [4.78, 5) is 31.4. The predicted molar refractivity (Wildman–Crippen MR) is 111 cm³/mol. The molecule has 0 aliphatic heterocycles. The van der Waals surface area contributed by atoms with Crippen molar-refractivity contribution in [2.24, 2.45) is 0 Å². The highest BCUT2D eigenvalue weighted by atomic mass is 32.2. The molecule has 6 heteroatoms. The molecule has 2 amide bonds. The summed E-state index contributed by atoms with van der Waals surface area (Å²) in [6.45, 7) is 2.50. The van der Waals surface area contributed by atoms with E-state index in [1.807, 2.05) is 49.6 Å². The van der Waals surface area contributed by atoms with E-state index >= 15 is 0 Å². The van der Waals surface area contributed by atoms with E-state index in [-0.39, 0.29) is 11.8 Å². The molecule has 0 bridgehead atoms. The monoisotopic (exact) mass is 385 g/mol. The summed E-state index contributed by atoms with van der Waals surface area (Å²) in [5, 5.41) is 2.92. The van der Waals surface area contributed by atoms with E-state index in [0.29, 0.717) is 24.9 Å². The topological polar surface area (TPSA) is 62.3 Å². The molecular formula is C21H27N3O2S. The molecular weight excluding hydrogens is 358 g/mol. The van der Waals surface area contributed by atoms with Crippen molar-refractivity contribution in [3.8, 4) is 0 Å². The van der Waals surface area contributed by atoms with Gasteiger partial charge in [0.15, 0.2) is 0 Å². The molecule has 1 N–H and O–H groups in total. The zero-order valence-corrected chi connectivity index (χ0v) is 17.0. The lowest BCUT2D eigenvalue weighted by Crippen LogP contribution is -2.48. The quantitative estimate of drug-likeness (QED) is 0.721. The van der Waals surface area contributed by atoms with Gasteiger partial charge in [0.05, 0.1) is 0 Å². The third-order valence-corrected chi connectivity index (χ3v) is 4.94. The molecule has 0 aliphatic carbocycles. The molecule has 0 saturated heterocycles. The number of rotatable bonds is 9. The summed E-state index contributed by atoms with van der Waals surface area (Å²) in [6, 6.07) is 12.6. The Morgan fingerprint density at radius 1 is 1.22 bits per heavy atom. The van der Waals surface area contributed by atoms with Crippen LogP contribution in [0.2, 0.25) is 0 Å². The summed E-state index contributed by atoms with van der Waals surface area (Å²) < 4.78 is 0. The molecule has 2 aromatic rings. The number of pyridine rings is 1. The number of nitrogens with one attached hydrogen (secondary N) is 1. The van der Waals surface area contributed by atoms with Crippen molar-refractivity contribution in [2.75, 3.05) is 25.6 Å². The lowest BCUT2D eigenvalue weighted by atomic mass is 10.1. The van der Waals surface area contributed by atoms with Gasteiger partial charge in [0.2, 0.25) is 5.91 Å². The molecule has 1 aromatic carbocycles. The zero-order valence-electron chi connectivity index (χ0n) is 16.1. The average molecular weight is 386 g/mol. The molecule has 1 heterocycles. The number of nitrogens with zero attached hydrogens (tertiary/aromatic N) is 2. The lowest BCUT2D eigenvalue weighted by Gasteiger charge is -2.24. The number of carbonyl (C=O) groups is 2. The Labute approximate surface area is 165 Å². The molecule has 0 saturated carbocycles. The second-order valence-corrected chi connectivity index (χ2v) is 7.49. The van der Waals surface area contributed by atoms with Crippen molar-refractivity contribution in [1.82, 2.24) is 15.2 Å². The lowest BCUT2D eigenvalue weighted by molar-refractivity contribution is -0.131. The smallest absolute Gasteiger partial charge is 0.251 e. The Kier molecular flexibility index (Phi) is 8.33. The number of carbonyl (C=O) groups excluding carboxylic acids is 2. The summed E-state index contributed by atoms with van der Waals surface area (Å²) in [7, 11) is 1.77. The van der Waals surface area contributed by atoms with Crippen LogP contribution in [0.3, 0.4) is 0 Å². The van der Waals surface area contributed by atoms with E-state index in [4.69, 9.17) is 0 Å². The third-order valence-electron chi connectivity index (χ3n) is 4.30. The number of likely N-dealkylation sites (N-methyl/N-ethyl adjacent to an activating group) is 1. The maximum atomic E-state index is 12.9. The summed E-state index contributed by atoms with van der Waals surface area (Å²) in [5.74, 6) is 0.524. The van der Waals surface area contributed by atoms with E-state index in [1.165, 1.54) is 0 Å². The Bertz CT molecular complexity index is 752. The molecule has 1 atom stereocenters. The van der Waals surface area contributed by atoms with Gasteiger partial charge in [-0.3, -0.25) is 14.6 Å². The standard InChI is InChI=1S/C21H27N3O2S/c1-16-7-6-8-17(15-16)20(25)23-19(11-14-27-3)21(26)24(2)13-10-18-9-4-5-12-22-18/h4-9,12,15,19H,10-11,13-14H2,1-3H3,(H,23,25). The Balaban J connectivity index is 2.00. The second-order valence-electron chi connectivity index (χ2n) is 6.51. The van der Waals surface area contributed by atoms with Gasteiger partial charge in [-0.05, 0) is 49.6 Å². The minimum absolute atomic E-state index is 0.0685. The van der Waals surface area contributed by atoms with Gasteiger partial charge in [-0.25, -0.2) is 0 Å². The summed E-state index contributed by atoms with van der Waals surface area (Å²) in [6.07, 6.45) is 5.03. The minimum atomic E-state index is -0.529. The predicted octanol–water partition coefficient (Wildman–Crippen LogP) is 2.94. The fraction of sp³-hybridized carbons (Fsp3) is 0.381. The zero-order chi connectivity index (χ0) is 19.6. The number of benzene rings is 1. The van der Waals surface area contributed by atoms with Crippen molar-refractivity contribution in [3.05, 3.63) is 65.5 Å². The van der Waals surface area contributed by atoms with Crippen LogP contribution in [0.25, 0.3) is 0 Å². The first-order valence-electron chi connectivity index (χ1n) is 9.02. The van der Waals surface area contributed by atoms with E-state index in [1.54, 1.807) is 36.0 Å².